The quantitative estimate of drug-likeness (QED) is 0.452. The van der Waals surface area contributed by atoms with Gasteiger partial charge in [-0.05, 0) is 41.3 Å². The lowest BCUT2D eigenvalue weighted by atomic mass is 10.0. The first-order chi connectivity index (χ1) is 14.9. The van der Waals surface area contributed by atoms with Crippen LogP contribution >= 0.6 is 11.6 Å². The van der Waals surface area contributed by atoms with Gasteiger partial charge in [-0.2, -0.15) is 0 Å². The standard InChI is InChI=1S/C24H19ClFN3O2/c1-2-21(30)29(20-10-6-9-19(25)22(20)26)23(17-11-13-18(27)14-12-17)24(31)28-15-16-7-4-3-5-8-16/h1,3-14,23H,15,27H2,(H,28,31). The van der Waals surface area contributed by atoms with Gasteiger partial charge in [0.15, 0.2) is 5.82 Å². The first-order valence-corrected chi connectivity index (χ1v) is 9.71. The summed E-state index contributed by atoms with van der Waals surface area (Å²) in [7, 11) is 0. The van der Waals surface area contributed by atoms with Crippen molar-refractivity contribution in [2.24, 2.45) is 0 Å². The van der Waals surface area contributed by atoms with Gasteiger partial charge >= 0.3 is 5.91 Å². The van der Waals surface area contributed by atoms with E-state index in [4.69, 9.17) is 23.8 Å². The number of hydrogen-bond donors (Lipinski definition) is 2. The lowest BCUT2D eigenvalue weighted by Gasteiger charge is -2.30. The molecule has 0 saturated carbocycles. The Balaban J connectivity index is 2.06. The second-order valence-corrected chi connectivity index (χ2v) is 7.07. The molecule has 0 spiro atoms. The molecule has 7 heteroatoms. The molecule has 156 valence electrons. The number of nitrogens with one attached hydrogen (secondary N) is 1. The van der Waals surface area contributed by atoms with Crippen LogP contribution in [0.15, 0.2) is 72.8 Å². The molecule has 3 rings (SSSR count). The van der Waals surface area contributed by atoms with Crippen molar-refractivity contribution in [1.82, 2.24) is 5.32 Å². The summed E-state index contributed by atoms with van der Waals surface area (Å²) in [6.45, 7) is 0.210. The predicted octanol–water partition coefficient (Wildman–Crippen LogP) is 4.09. The van der Waals surface area contributed by atoms with E-state index in [0.29, 0.717) is 11.3 Å². The molecule has 0 aliphatic carbocycles. The highest BCUT2D eigenvalue weighted by Gasteiger charge is 2.34. The van der Waals surface area contributed by atoms with Gasteiger partial charge in [0, 0.05) is 12.2 Å². The molecule has 5 nitrogen and oxygen atoms in total. The van der Waals surface area contributed by atoms with E-state index in [-0.39, 0.29) is 17.3 Å². The van der Waals surface area contributed by atoms with E-state index in [2.05, 4.69) is 5.32 Å². The second kappa shape index (κ2) is 9.79. The van der Waals surface area contributed by atoms with E-state index in [1.54, 1.807) is 24.3 Å². The fourth-order valence-corrected chi connectivity index (χ4v) is 3.26. The number of hydrogen-bond acceptors (Lipinski definition) is 3. The monoisotopic (exact) mass is 435 g/mol. The van der Waals surface area contributed by atoms with E-state index in [0.717, 1.165) is 10.5 Å². The summed E-state index contributed by atoms with van der Waals surface area (Å²) < 4.78 is 14.9. The number of carbonyl (C=O) groups excluding carboxylic acids is 2. The van der Waals surface area contributed by atoms with Crippen LogP contribution in [0.4, 0.5) is 15.8 Å². The van der Waals surface area contributed by atoms with Crippen LogP contribution in [0.25, 0.3) is 0 Å². The van der Waals surface area contributed by atoms with Crippen molar-refractivity contribution in [3.8, 4) is 12.3 Å². The van der Waals surface area contributed by atoms with Crippen molar-refractivity contribution in [3.05, 3.63) is 94.8 Å². The lowest BCUT2D eigenvalue weighted by molar-refractivity contribution is -0.125. The van der Waals surface area contributed by atoms with Crippen molar-refractivity contribution in [2.45, 2.75) is 12.6 Å². The minimum atomic E-state index is -1.25. The number of anilines is 2. The Morgan fingerprint density at radius 1 is 1.06 bits per heavy atom. The summed E-state index contributed by atoms with van der Waals surface area (Å²) in [6.07, 6.45) is 5.36. The number of halogens is 2. The Morgan fingerprint density at radius 3 is 2.39 bits per heavy atom. The smallest absolute Gasteiger partial charge is 0.303 e. The highest BCUT2D eigenvalue weighted by atomic mass is 35.5. The zero-order chi connectivity index (χ0) is 22.4. The van der Waals surface area contributed by atoms with Crippen LogP contribution in [0, 0.1) is 18.2 Å². The number of terminal acetylenes is 1. The zero-order valence-corrected chi connectivity index (χ0v) is 17.1. The number of amides is 2. The molecular formula is C24H19ClFN3O2. The second-order valence-electron chi connectivity index (χ2n) is 6.67. The number of nitrogens with zero attached hydrogens (tertiary/aromatic N) is 1. The Morgan fingerprint density at radius 2 is 1.74 bits per heavy atom. The van der Waals surface area contributed by atoms with Crippen molar-refractivity contribution >= 4 is 34.8 Å². The average Bonchev–Trinajstić information content (AvgIpc) is 2.79. The number of carbonyl (C=O) groups is 2. The predicted molar refractivity (Wildman–Crippen MR) is 120 cm³/mol. The average molecular weight is 436 g/mol. The van der Waals surface area contributed by atoms with E-state index >= 15 is 0 Å². The summed E-state index contributed by atoms with van der Waals surface area (Å²) in [5.41, 5.74) is 7.29. The van der Waals surface area contributed by atoms with Gasteiger partial charge in [0.05, 0.1) is 10.7 Å². The molecule has 0 radical (unpaired) electrons. The minimum absolute atomic E-state index is 0.201. The van der Waals surface area contributed by atoms with Crippen molar-refractivity contribution in [3.63, 3.8) is 0 Å². The van der Waals surface area contributed by atoms with E-state index in [1.807, 2.05) is 36.3 Å². The van der Waals surface area contributed by atoms with Gasteiger partial charge in [-0.15, -0.1) is 6.42 Å². The summed E-state index contributed by atoms with van der Waals surface area (Å²) in [5.74, 6) is -0.320. The van der Waals surface area contributed by atoms with Crippen LogP contribution in [0.3, 0.4) is 0 Å². The van der Waals surface area contributed by atoms with Gasteiger partial charge in [-0.3, -0.25) is 14.5 Å². The molecular weight excluding hydrogens is 417 g/mol. The van der Waals surface area contributed by atoms with Gasteiger partial charge in [0.1, 0.15) is 6.04 Å². The lowest BCUT2D eigenvalue weighted by Crippen LogP contribution is -2.43. The highest BCUT2D eigenvalue weighted by molar-refractivity contribution is 6.31. The molecule has 2 amide bonds. The topological polar surface area (TPSA) is 75.4 Å². The Hall–Kier alpha value is -3.82. The van der Waals surface area contributed by atoms with Crippen LogP contribution in [0.5, 0.6) is 0 Å². The van der Waals surface area contributed by atoms with Gasteiger partial charge in [-0.25, -0.2) is 4.39 Å². The number of nitrogens with two attached hydrogens (primary N) is 1. The molecule has 1 unspecified atom stereocenters. The van der Waals surface area contributed by atoms with Gasteiger partial charge in [-0.1, -0.05) is 60.1 Å². The van der Waals surface area contributed by atoms with E-state index < -0.39 is 23.7 Å². The molecule has 0 aliphatic rings. The van der Waals surface area contributed by atoms with E-state index in [1.165, 1.54) is 18.2 Å². The number of nitrogen functional groups attached to an aromatic ring is 1. The molecule has 31 heavy (non-hydrogen) atoms. The molecule has 0 saturated heterocycles. The third-order valence-electron chi connectivity index (χ3n) is 4.60. The maximum Gasteiger partial charge on any atom is 0.303 e. The van der Waals surface area contributed by atoms with E-state index in [9.17, 15) is 14.0 Å². The van der Waals surface area contributed by atoms with Crippen LogP contribution in [-0.4, -0.2) is 11.8 Å². The maximum absolute atomic E-state index is 14.9. The van der Waals surface area contributed by atoms with Crippen molar-refractivity contribution in [1.29, 1.82) is 0 Å². The zero-order valence-electron chi connectivity index (χ0n) is 16.4. The Kier molecular flexibility index (Phi) is 6.91. The van der Waals surface area contributed by atoms with Gasteiger partial charge in [0.2, 0.25) is 5.91 Å². The Bertz CT molecular complexity index is 1130. The third kappa shape index (κ3) is 5.03. The molecule has 0 fully saturated rings. The molecule has 3 aromatic carbocycles. The van der Waals surface area contributed by atoms with Crippen LogP contribution in [-0.2, 0) is 16.1 Å². The van der Waals surface area contributed by atoms with Crippen LogP contribution in [0.1, 0.15) is 17.2 Å². The summed E-state index contributed by atoms with van der Waals surface area (Å²) >= 11 is 5.92. The molecule has 1 atom stereocenters. The van der Waals surface area contributed by atoms with Crippen molar-refractivity contribution < 1.29 is 14.0 Å². The summed E-state index contributed by atoms with van der Waals surface area (Å²) in [5, 5.41) is 2.59. The summed E-state index contributed by atoms with van der Waals surface area (Å²) in [6, 6.07) is 18.5. The molecule has 0 aromatic heterocycles. The SMILES string of the molecule is C#CC(=O)N(c1cccc(Cl)c1F)C(C(=O)NCc1ccccc1)c1ccc(N)cc1. The van der Waals surface area contributed by atoms with Gasteiger partial charge < -0.3 is 11.1 Å². The number of rotatable bonds is 6. The summed E-state index contributed by atoms with van der Waals surface area (Å²) in [4.78, 5) is 26.9. The molecule has 0 aliphatic heterocycles. The maximum atomic E-state index is 14.9. The van der Waals surface area contributed by atoms with Gasteiger partial charge in [0.25, 0.3) is 0 Å². The first kappa shape index (κ1) is 21.9. The largest absolute Gasteiger partial charge is 0.399 e. The fourth-order valence-electron chi connectivity index (χ4n) is 3.09. The minimum Gasteiger partial charge on any atom is -0.399 e. The third-order valence-corrected chi connectivity index (χ3v) is 4.89. The normalized spacial score (nSPS) is 11.3. The molecule has 0 bridgehead atoms. The Labute approximate surface area is 184 Å². The number of benzene rings is 3. The first-order valence-electron chi connectivity index (χ1n) is 9.33. The highest BCUT2D eigenvalue weighted by Crippen LogP contribution is 2.33. The molecule has 3 aromatic rings. The van der Waals surface area contributed by atoms with Crippen LogP contribution < -0.4 is 16.0 Å². The fraction of sp³-hybridized carbons (Fsp3) is 0.0833. The van der Waals surface area contributed by atoms with Crippen LogP contribution in [0.2, 0.25) is 5.02 Å². The van der Waals surface area contributed by atoms with Crippen molar-refractivity contribution in [2.75, 3.05) is 10.6 Å². The molecule has 3 N–H and O–H groups in total. The molecule has 0 heterocycles.